The van der Waals surface area contributed by atoms with Crippen molar-refractivity contribution in [1.82, 2.24) is 0 Å². The molecular formula is H6MgO3P2. The van der Waals surface area contributed by atoms with Gasteiger partial charge in [-0.1, -0.05) is 0 Å². The molecule has 0 bridgehead atoms. The minimum absolute atomic E-state index is 0. The van der Waals surface area contributed by atoms with Crippen molar-refractivity contribution in [2.75, 3.05) is 0 Å². The summed E-state index contributed by atoms with van der Waals surface area (Å²) in [6.45, 7) is 0. The van der Waals surface area contributed by atoms with Crippen molar-refractivity contribution >= 4 is 40.8 Å². The lowest BCUT2D eigenvalue weighted by atomic mass is 15.8. The Kier molecular flexibility index (Phi) is 10.9. The Bertz CT molecular complexity index is 44.1. The van der Waals surface area contributed by atoms with Gasteiger partial charge in [-0.2, -0.15) is 0 Å². The Morgan fingerprint density at radius 2 is 2.00 bits per heavy atom. The van der Waals surface area contributed by atoms with Gasteiger partial charge >= 0.3 is 31.3 Å². The topological polar surface area (TPSA) is 46.5 Å². The zero-order chi connectivity index (χ0) is 4.28. The molecule has 36 valence electrons. The Hall–Kier alpha value is 1.35. The van der Waals surface area contributed by atoms with Crippen molar-refractivity contribution in [2.45, 2.75) is 0 Å². The Balaban J connectivity index is 0. The van der Waals surface area contributed by atoms with Crippen LogP contribution in [0.15, 0.2) is 0 Å². The molecule has 0 amide bonds. The number of rotatable bonds is 1. The molecule has 0 aliphatic carbocycles. The lowest BCUT2D eigenvalue weighted by molar-refractivity contribution is 0.432. The standard InChI is InChI=1S/Mg.H4O3P2.2H/c;1-5(2)3-4;;/h;5H,4H2,(H,1,2);;. The maximum absolute atomic E-state index is 9.31. The summed E-state index contributed by atoms with van der Waals surface area (Å²) in [6.07, 6.45) is 0. The summed E-state index contributed by atoms with van der Waals surface area (Å²) >= 11 is 0. The fourth-order valence-corrected chi connectivity index (χ4v) is 0. The van der Waals surface area contributed by atoms with E-state index in [9.17, 15) is 4.57 Å². The highest BCUT2D eigenvalue weighted by Crippen LogP contribution is 2.17. The molecule has 0 aromatic carbocycles. The molecule has 0 radical (unpaired) electrons. The molecule has 2 unspecified atom stereocenters. The van der Waals surface area contributed by atoms with Gasteiger partial charge in [0.2, 0.25) is 0 Å². The molecule has 6 heteroatoms. The van der Waals surface area contributed by atoms with E-state index in [0.717, 1.165) is 0 Å². The van der Waals surface area contributed by atoms with Gasteiger partial charge < -0.3 is 4.89 Å². The molecule has 0 aromatic heterocycles. The zero-order valence-corrected chi connectivity index (χ0v) is 4.50. The Labute approximate surface area is 54.8 Å². The van der Waals surface area contributed by atoms with E-state index in [-0.39, 0.29) is 23.1 Å². The summed E-state index contributed by atoms with van der Waals surface area (Å²) in [5.41, 5.74) is 0. The minimum atomic E-state index is -2.66. The van der Waals surface area contributed by atoms with Crippen LogP contribution in [0.25, 0.3) is 0 Å². The summed E-state index contributed by atoms with van der Waals surface area (Å²) in [5.74, 6) is 0. The minimum Gasteiger partial charge on any atom is -0.326 e. The molecule has 1 N–H and O–H groups in total. The summed E-state index contributed by atoms with van der Waals surface area (Å²) in [4.78, 5) is 7.66. The normalized spacial score (nSPS) is 12.3. The molecule has 0 fully saturated rings. The lowest BCUT2D eigenvalue weighted by Gasteiger charge is -1.78. The predicted octanol–water partition coefficient (Wildman–Crippen LogP) is -0.741. The molecule has 0 rings (SSSR count). The first-order chi connectivity index (χ1) is 2.27. The predicted molar refractivity (Wildman–Crippen MR) is 30.6 cm³/mol. The van der Waals surface area contributed by atoms with E-state index in [4.69, 9.17) is 4.89 Å². The smallest absolute Gasteiger partial charge is 0.319 e. The van der Waals surface area contributed by atoms with Crippen LogP contribution >= 0.6 is 17.7 Å². The first-order valence-electron chi connectivity index (χ1n) is 0.868. The third-order valence-electron chi connectivity index (χ3n) is 0.101. The summed E-state index contributed by atoms with van der Waals surface area (Å²) in [6, 6.07) is 0. The van der Waals surface area contributed by atoms with Gasteiger partial charge in [-0.25, -0.2) is 0 Å². The molecule has 2 atom stereocenters. The third-order valence-corrected chi connectivity index (χ3v) is 0.907. The van der Waals surface area contributed by atoms with Crippen LogP contribution in [-0.2, 0) is 8.88 Å². The molecule has 0 aliphatic heterocycles. The van der Waals surface area contributed by atoms with Crippen LogP contribution in [0.5, 0.6) is 0 Å². The van der Waals surface area contributed by atoms with E-state index in [1.54, 1.807) is 9.47 Å². The van der Waals surface area contributed by atoms with Gasteiger partial charge in [0.05, 0.1) is 0 Å². The van der Waals surface area contributed by atoms with Gasteiger partial charge in [-0.15, -0.1) is 0 Å². The molecule has 3 nitrogen and oxygen atoms in total. The van der Waals surface area contributed by atoms with E-state index in [0.29, 0.717) is 0 Å². The largest absolute Gasteiger partial charge is 0.326 e. The Morgan fingerprint density at radius 1 is 1.83 bits per heavy atom. The van der Waals surface area contributed by atoms with Crippen molar-refractivity contribution in [3.8, 4) is 0 Å². The first kappa shape index (κ1) is 10.4. The molecule has 0 spiro atoms. The fraction of sp³-hybridized carbons (Fsp3) is 0. The highest BCUT2D eigenvalue weighted by Gasteiger charge is 1.74. The van der Waals surface area contributed by atoms with Crippen LogP contribution in [0.3, 0.4) is 0 Å². The lowest BCUT2D eigenvalue weighted by Crippen LogP contribution is -1.44. The first-order valence-corrected chi connectivity index (χ1v) is 2.60. The highest BCUT2D eigenvalue weighted by atomic mass is 31.2. The van der Waals surface area contributed by atoms with Gasteiger partial charge in [0, 0.05) is 9.47 Å². The van der Waals surface area contributed by atoms with Crippen molar-refractivity contribution in [3.05, 3.63) is 0 Å². The summed E-state index contributed by atoms with van der Waals surface area (Å²) in [7, 11) is -0.984. The van der Waals surface area contributed by atoms with Crippen LogP contribution < -0.4 is 0 Å². The average Bonchev–Trinajstić information content (AvgIpc) is 1.38. The van der Waals surface area contributed by atoms with Gasteiger partial charge in [0.15, 0.2) is 0 Å². The second kappa shape index (κ2) is 6.35. The zero-order valence-electron chi connectivity index (χ0n) is 2.34. The van der Waals surface area contributed by atoms with Crippen molar-refractivity contribution < 1.29 is 13.8 Å². The molecule has 0 aromatic rings. The van der Waals surface area contributed by atoms with Crippen LogP contribution in [0.2, 0.25) is 0 Å². The summed E-state index contributed by atoms with van der Waals surface area (Å²) in [5, 5.41) is 0. The maximum atomic E-state index is 9.31. The molecule has 0 heterocycles. The average molecular weight is 140 g/mol. The fourth-order valence-electron chi connectivity index (χ4n) is 0. The van der Waals surface area contributed by atoms with Gasteiger partial charge in [-0.05, 0) is 0 Å². The van der Waals surface area contributed by atoms with Crippen LogP contribution in [0.1, 0.15) is 0 Å². The maximum Gasteiger partial charge on any atom is 0.319 e. The summed E-state index contributed by atoms with van der Waals surface area (Å²) < 4.78 is 13.1. The second-order valence-electron chi connectivity index (χ2n) is 0.384. The molecule has 0 saturated heterocycles. The third kappa shape index (κ3) is 9.02. The van der Waals surface area contributed by atoms with Crippen molar-refractivity contribution in [2.24, 2.45) is 0 Å². The van der Waals surface area contributed by atoms with Gasteiger partial charge in [-0.3, -0.25) is 8.88 Å². The molecule has 6 heavy (non-hydrogen) atoms. The van der Waals surface area contributed by atoms with Crippen LogP contribution in [0, 0.1) is 0 Å². The highest BCUT2D eigenvalue weighted by molar-refractivity contribution is 7.39. The van der Waals surface area contributed by atoms with E-state index < -0.39 is 8.25 Å². The molecule has 0 saturated carbocycles. The van der Waals surface area contributed by atoms with Gasteiger partial charge in [0.25, 0.3) is 0 Å². The SMILES string of the molecule is O=[PH](O)OP.[MgH2]. The quantitative estimate of drug-likeness (QED) is 0.385. The molecular weight excluding hydrogens is 134 g/mol. The van der Waals surface area contributed by atoms with E-state index in [1.807, 2.05) is 0 Å². The van der Waals surface area contributed by atoms with E-state index in [1.165, 1.54) is 0 Å². The number of hydrogen-bond acceptors (Lipinski definition) is 2. The van der Waals surface area contributed by atoms with Crippen LogP contribution in [0.4, 0.5) is 0 Å². The van der Waals surface area contributed by atoms with Crippen molar-refractivity contribution in [3.63, 3.8) is 0 Å². The van der Waals surface area contributed by atoms with Gasteiger partial charge in [0.1, 0.15) is 0 Å². The van der Waals surface area contributed by atoms with E-state index >= 15 is 0 Å². The molecule has 0 aliphatic rings. The second-order valence-corrected chi connectivity index (χ2v) is 1.86. The van der Waals surface area contributed by atoms with E-state index in [2.05, 4.69) is 4.31 Å². The van der Waals surface area contributed by atoms with Crippen LogP contribution in [-0.4, -0.2) is 27.9 Å². The number of hydrogen-bond donors (Lipinski definition) is 1. The van der Waals surface area contributed by atoms with Crippen molar-refractivity contribution in [1.29, 1.82) is 0 Å². The Morgan fingerprint density at radius 3 is 2.00 bits per heavy atom. The monoisotopic (exact) mass is 140 g/mol.